The number of carbonyl (C=O) groups excluding carboxylic acids is 1. The molecule has 2 atom stereocenters. The Labute approximate surface area is 276 Å². The molecule has 9 nitrogen and oxygen atoms in total. The van der Waals surface area contributed by atoms with Crippen molar-refractivity contribution >= 4 is 22.7 Å². The normalized spacial score (nSPS) is 15.7. The van der Waals surface area contributed by atoms with Crippen molar-refractivity contribution in [2.24, 2.45) is 24.1 Å². The molecule has 0 bridgehead atoms. The van der Waals surface area contributed by atoms with E-state index in [1.165, 1.54) is 0 Å². The van der Waals surface area contributed by atoms with Crippen molar-refractivity contribution < 1.29 is 19.0 Å². The fourth-order valence-electron chi connectivity index (χ4n) is 6.49. The highest BCUT2D eigenvalue weighted by Gasteiger charge is 2.37. The maximum absolute atomic E-state index is 11.8. The molecule has 1 amide bonds. The van der Waals surface area contributed by atoms with Crippen LogP contribution in [-0.2, 0) is 25.0 Å². The van der Waals surface area contributed by atoms with Crippen molar-refractivity contribution in [3.8, 4) is 23.0 Å². The summed E-state index contributed by atoms with van der Waals surface area (Å²) >= 11 is 0. The Morgan fingerprint density at radius 3 is 2.28 bits per heavy atom. The van der Waals surface area contributed by atoms with Crippen LogP contribution in [-0.4, -0.2) is 40.1 Å². The lowest BCUT2D eigenvalue weighted by Gasteiger charge is -2.42. The minimum atomic E-state index is -0.719. The van der Waals surface area contributed by atoms with Gasteiger partial charge in [0.05, 0.1) is 11.1 Å². The number of ether oxygens (including phenoxy) is 3. The van der Waals surface area contributed by atoms with Crippen LogP contribution in [0, 0.1) is 11.3 Å². The molecule has 0 radical (unpaired) electrons. The van der Waals surface area contributed by atoms with E-state index in [-0.39, 0.29) is 17.4 Å². The van der Waals surface area contributed by atoms with Gasteiger partial charge >= 0.3 is 6.09 Å². The van der Waals surface area contributed by atoms with Crippen molar-refractivity contribution in [3.63, 3.8) is 0 Å². The maximum Gasteiger partial charge on any atom is 0.404 e. The summed E-state index contributed by atoms with van der Waals surface area (Å²) in [5.74, 6) is 1.12. The molecule has 0 spiro atoms. The first kappa shape index (κ1) is 31.9. The summed E-state index contributed by atoms with van der Waals surface area (Å²) in [6, 6.07) is 30.4. The van der Waals surface area contributed by atoms with Crippen LogP contribution in [0.2, 0.25) is 0 Å². The molecule has 1 aliphatic rings. The third-order valence-electron chi connectivity index (χ3n) is 8.72. The molecule has 1 aliphatic heterocycles. The quantitative estimate of drug-likeness (QED) is 0.170. The van der Waals surface area contributed by atoms with E-state index in [4.69, 9.17) is 30.0 Å². The fraction of sp³-hybridized carbons (Fsp3) is 0.342. The van der Waals surface area contributed by atoms with Crippen LogP contribution in [0.25, 0.3) is 22.2 Å². The van der Waals surface area contributed by atoms with E-state index in [2.05, 4.69) is 43.9 Å². The second kappa shape index (κ2) is 13.7. The number of rotatable bonds is 10. The van der Waals surface area contributed by atoms with Crippen molar-refractivity contribution in [3.05, 3.63) is 102 Å². The highest BCUT2D eigenvalue weighted by molar-refractivity contribution is 5.96. The lowest BCUT2D eigenvalue weighted by molar-refractivity contribution is -0.00768. The van der Waals surface area contributed by atoms with Gasteiger partial charge in [-0.15, -0.1) is 0 Å². The number of aromatic nitrogens is 3. The SMILES string of the molecule is Cn1nc(-c2ccc(OCc3ccccc3)nc2OCc2ccccc2)c2ccc(N3CCCC([C@H](OC(N)=O)C(C)(C)C)C3)cc21. The average molecular weight is 634 g/mol. The van der Waals surface area contributed by atoms with Crippen LogP contribution < -0.4 is 20.1 Å². The van der Waals surface area contributed by atoms with E-state index in [1.807, 2.05) is 84.5 Å². The summed E-state index contributed by atoms with van der Waals surface area (Å²) in [6.45, 7) is 8.75. The summed E-state index contributed by atoms with van der Waals surface area (Å²) in [7, 11) is 1.96. The summed E-state index contributed by atoms with van der Waals surface area (Å²) in [5, 5.41) is 5.96. The molecule has 1 unspecified atom stereocenters. The van der Waals surface area contributed by atoms with E-state index in [1.54, 1.807) is 0 Å². The first-order valence-corrected chi connectivity index (χ1v) is 16.2. The molecule has 0 saturated carbocycles. The molecule has 244 valence electrons. The van der Waals surface area contributed by atoms with Crippen LogP contribution >= 0.6 is 0 Å². The zero-order valence-corrected chi connectivity index (χ0v) is 27.6. The minimum absolute atomic E-state index is 0.173. The van der Waals surface area contributed by atoms with E-state index in [0.29, 0.717) is 25.0 Å². The Bertz CT molecular complexity index is 1820. The van der Waals surface area contributed by atoms with Crippen molar-refractivity contribution in [1.29, 1.82) is 0 Å². The number of hydrogen-bond donors (Lipinski definition) is 1. The standard InChI is InChI=1S/C38H43N5O4/c1-38(2,3)35(47-37(39)44)28-16-11-21-43(23-28)29-17-18-30-32(22-29)42(4)41-34(30)31-19-20-33(45-24-26-12-7-5-8-13-26)40-36(31)46-25-27-14-9-6-10-15-27/h5-10,12-15,17-20,22,28,35H,11,16,21,23-25H2,1-4H3,(H2,39,44)/t28?,35-/m0/s1. The first-order chi connectivity index (χ1) is 22.7. The van der Waals surface area contributed by atoms with Gasteiger partial charge in [-0.1, -0.05) is 81.4 Å². The summed E-state index contributed by atoms with van der Waals surface area (Å²) in [4.78, 5) is 18.9. The topological polar surface area (TPSA) is 105 Å². The lowest BCUT2D eigenvalue weighted by Crippen LogP contribution is -2.47. The predicted molar refractivity (Wildman–Crippen MR) is 184 cm³/mol. The number of aryl methyl sites for hydroxylation is 1. The van der Waals surface area contributed by atoms with Gasteiger partial charge in [-0.3, -0.25) is 4.68 Å². The molecule has 0 aliphatic carbocycles. The highest BCUT2D eigenvalue weighted by atomic mass is 16.6. The van der Waals surface area contributed by atoms with Crippen LogP contribution in [0.15, 0.2) is 91.0 Å². The summed E-state index contributed by atoms with van der Waals surface area (Å²) in [5.41, 5.74) is 11.0. The molecule has 1 saturated heterocycles. The molecule has 3 aromatic carbocycles. The number of benzene rings is 3. The Hall–Kier alpha value is -5.05. The Morgan fingerprint density at radius 2 is 1.62 bits per heavy atom. The highest BCUT2D eigenvalue weighted by Crippen LogP contribution is 2.38. The second-order valence-electron chi connectivity index (χ2n) is 13.3. The van der Waals surface area contributed by atoms with Crippen LogP contribution in [0.1, 0.15) is 44.7 Å². The lowest BCUT2D eigenvalue weighted by atomic mass is 9.77. The van der Waals surface area contributed by atoms with Gasteiger partial charge in [0.15, 0.2) is 0 Å². The van der Waals surface area contributed by atoms with Crippen LogP contribution in [0.3, 0.4) is 0 Å². The molecule has 2 aromatic heterocycles. The molecular weight excluding hydrogens is 590 g/mol. The third-order valence-corrected chi connectivity index (χ3v) is 8.72. The van der Waals surface area contributed by atoms with Gasteiger partial charge in [0.2, 0.25) is 11.8 Å². The minimum Gasteiger partial charge on any atom is -0.473 e. The number of hydrogen-bond acceptors (Lipinski definition) is 7. The fourth-order valence-corrected chi connectivity index (χ4v) is 6.49. The molecule has 5 aromatic rings. The number of amides is 1. The van der Waals surface area contributed by atoms with Gasteiger partial charge in [-0.2, -0.15) is 10.1 Å². The molecular formula is C38H43N5O4. The number of piperidine rings is 1. The van der Waals surface area contributed by atoms with Gasteiger partial charge in [-0.05, 0) is 53.6 Å². The van der Waals surface area contributed by atoms with Gasteiger partial charge in [0.1, 0.15) is 25.0 Å². The third kappa shape index (κ3) is 7.51. The number of anilines is 1. The zero-order chi connectivity index (χ0) is 33.0. The van der Waals surface area contributed by atoms with Crippen molar-refractivity contribution in [2.45, 2.75) is 52.9 Å². The van der Waals surface area contributed by atoms with Gasteiger partial charge in [0.25, 0.3) is 0 Å². The van der Waals surface area contributed by atoms with E-state index in [9.17, 15) is 4.79 Å². The predicted octanol–water partition coefficient (Wildman–Crippen LogP) is 7.52. The summed E-state index contributed by atoms with van der Waals surface area (Å²) < 4.78 is 20.0. The number of primary amides is 1. The van der Waals surface area contributed by atoms with Gasteiger partial charge < -0.3 is 24.8 Å². The molecule has 2 N–H and O–H groups in total. The Morgan fingerprint density at radius 1 is 0.936 bits per heavy atom. The van der Waals surface area contributed by atoms with Crippen molar-refractivity contribution in [1.82, 2.24) is 14.8 Å². The van der Waals surface area contributed by atoms with Gasteiger partial charge in [0, 0.05) is 43.2 Å². The molecule has 6 rings (SSSR count). The van der Waals surface area contributed by atoms with Crippen molar-refractivity contribution in [2.75, 3.05) is 18.0 Å². The molecule has 1 fully saturated rings. The van der Waals surface area contributed by atoms with E-state index < -0.39 is 6.09 Å². The van der Waals surface area contributed by atoms with Crippen LogP contribution in [0.5, 0.6) is 11.8 Å². The zero-order valence-electron chi connectivity index (χ0n) is 27.6. The summed E-state index contributed by atoms with van der Waals surface area (Å²) in [6.07, 6.45) is 0.994. The molecule has 3 heterocycles. The maximum atomic E-state index is 11.8. The Balaban J connectivity index is 1.29. The number of carbonyl (C=O) groups is 1. The monoisotopic (exact) mass is 633 g/mol. The van der Waals surface area contributed by atoms with Gasteiger partial charge in [-0.25, -0.2) is 4.79 Å². The molecule has 9 heteroatoms. The van der Waals surface area contributed by atoms with E-state index >= 15 is 0 Å². The number of nitrogens with zero attached hydrogens (tertiary/aromatic N) is 4. The second-order valence-corrected chi connectivity index (χ2v) is 13.3. The largest absolute Gasteiger partial charge is 0.473 e. The molecule has 47 heavy (non-hydrogen) atoms. The Kier molecular flexibility index (Phi) is 9.33. The van der Waals surface area contributed by atoms with E-state index in [0.717, 1.165) is 64.9 Å². The number of pyridine rings is 1. The average Bonchev–Trinajstić information content (AvgIpc) is 3.41. The first-order valence-electron chi connectivity index (χ1n) is 16.2. The van der Waals surface area contributed by atoms with Crippen LogP contribution in [0.4, 0.5) is 10.5 Å². The smallest absolute Gasteiger partial charge is 0.404 e. The number of nitrogens with two attached hydrogens (primary N) is 1. The number of fused-ring (bicyclic) bond motifs is 1.